The van der Waals surface area contributed by atoms with Crippen LogP contribution in [0.4, 0.5) is 0 Å². The SMILES string of the molecule is COCOCCC#CCCCO. The molecule has 12 heavy (non-hydrogen) atoms. The summed E-state index contributed by atoms with van der Waals surface area (Å²) < 4.78 is 9.70. The van der Waals surface area contributed by atoms with Crippen molar-refractivity contribution in [1.82, 2.24) is 0 Å². The lowest BCUT2D eigenvalue weighted by Crippen LogP contribution is -1.96. The summed E-state index contributed by atoms with van der Waals surface area (Å²) in [4.78, 5) is 0. The molecule has 3 nitrogen and oxygen atoms in total. The number of ether oxygens (including phenoxy) is 2. The van der Waals surface area contributed by atoms with E-state index in [-0.39, 0.29) is 6.61 Å². The van der Waals surface area contributed by atoms with Gasteiger partial charge in [0.25, 0.3) is 0 Å². The fraction of sp³-hybridized carbons (Fsp3) is 0.778. The molecule has 0 aromatic heterocycles. The molecular formula is C9H16O3. The molecule has 0 bridgehead atoms. The maximum atomic E-state index is 8.43. The van der Waals surface area contributed by atoms with Gasteiger partial charge in [0, 0.05) is 26.6 Å². The summed E-state index contributed by atoms with van der Waals surface area (Å²) in [5.41, 5.74) is 0. The molecule has 0 unspecified atom stereocenters. The fourth-order valence-electron chi connectivity index (χ4n) is 0.610. The van der Waals surface area contributed by atoms with Crippen LogP contribution in [-0.2, 0) is 9.47 Å². The van der Waals surface area contributed by atoms with Crippen LogP contribution in [0.1, 0.15) is 19.3 Å². The first kappa shape index (κ1) is 11.4. The monoisotopic (exact) mass is 172 g/mol. The molecule has 0 aromatic rings. The Morgan fingerprint density at radius 1 is 1.25 bits per heavy atom. The van der Waals surface area contributed by atoms with E-state index in [1.165, 1.54) is 0 Å². The standard InChI is InChI=1S/C9H16O3/c1-11-9-12-8-6-4-2-3-5-7-10/h10H,3,5-9H2,1H3. The predicted octanol–water partition coefficient (Wildman–Crippen LogP) is 0.773. The van der Waals surface area contributed by atoms with E-state index < -0.39 is 0 Å². The summed E-state index contributed by atoms with van der Waals surface area (Å²) in [6.07, 6.45) is 2.25. The van der Waals surface area contributed by atoms with Crippen molar-refractivity contribution in [1.29, 1.82) is 0 Å². The highest BCUT2D eigenvalue weighted by Crippen LogP contribution is 1.85. The number of methoxy groups -OCH3 is 1. The Labute approximate surface area is 73.7 Å². The summed E-state index contributed by atoms with van der Waals surface area (Å²) >= 11 is 0. The maximum Gasteiger partial charge on any atom is 0.146 e. The Morgan fingerprint density at radius 3 is 2.67 bits per heavy atom. The molecule has 0 amide bonds. The minimum absolute atomic E-state index is 0.217. The minimum atomic E-state index is 0.217. The van der Waals surface area contributed by atoms with Gasteiger partial charge in [0.1, 0.15) is 6.79 Å². The Balaban J connectivity index is 2.99. The third-order valence-electron chi connectivity index (χ3n) is 1.16. The van der Waals surface area contributed by atoms with E-state index in [4.69, 9.17) is 9.84 Å². The molecule has 0 aliphatic carbocycles. The third kappa shape index (κ3) is 9.44. The van der Waals surface area contributed by atoms with Crippen LogP contribution < -0.4 is 0 Å². The molecule has 0 rings (SSSR count). The predicted molar refractivity (Wildman–Crippen MR) is 46.5 cm³/mol. The van der Waals surface area contributed by atoms with Gasteiger partial charge in [-0.2, -0.15) is 0 Å². The molecule has 0 aromatic carbocycles. The lowest BCUT2D eigenvalue weighted by Gasteiger charge is -1.96. The fourth-order valence-corrected chi connectivity index (χ4v) is 0.610. The van der Waals surface area contributed by atoms with Gasteiger partial charge in [-0.05, 0) is 6.42 Å². The molecule has 0 aliphatic heterocycles. The van der Waals surface area contributed by atoms with Crippen molar-refractivity contribution in [2.75, 3.05) is 27.1 Å². The topological polar surface area (TPSA) is 38.7 Å². The molecular weight excluding hydrogens is 156 g/mol. The second kappa shape index (κ2) is 10.4. The van der Waals surface area contributed by atoms with Gasteiger partial charge in [-0.15, -0.1) is 11.8 Å². The molecule has 3 heteroatoms. The largest absolute Gasteiger partial charge is 0.396 e. The molecule has 0 spiro atoms. The highest BCUT2D eigenvalue weighted by atomic mass is 16.7. The van der Waals surface area contributed by atoms with Gasteiger partial charge in [-0.25, -0.2) is 0 Å². The summed E-state index contributed by atoms with van der Waals surface area (Å²) in [5.74, 6) is 5.87. The maximum absolute atomic E-state index is 8.43. The number of unbranched alkanes of at least 4 members (excludes halogenated alkanes) is 1. The molecule has 0 atom stereocenters. The average Bonchev–Trinajstić information content (AvgIpc) is 2.10. The number of aliphatic hydroxyl groups excluding tert-OH is 1. The zero-order valence-corrected chi connectivity index (χ0v) is 7.51. The van der Waals surface area contributed by atoms with Crippen LogP contribution in [0.3, 0.4) is 0 Å². The summed E-state index contributed by atoms with van der Waals surface area (Å²) in [6, 6.07) is 0. The number of hydrogen-bond acceptors (Lipinski definition) is 3. The lowest BCUT2D eigenvalue weighted by molar-refractivity contribution is -0.0281. The Kier molecular flexibility index (Phi) is 9.95. The Hall–Kier alpha value is -0.560. The number of aliphatic hydroxyl groups is 1. The zero-order chi connectivity index (χ0) is 9.07. The van der Waals surface area contributed by atoms with E-state index in [1.54, 1.807) is 7.11 Å². The summed E-state index contributed by atoms with van der Waals surface area (Å²) in [5, 5.41) is 8.43. The van der Waals surface area contributed by atoms with Crippen LogP contribution in [0.2, 0.25) is 0 Å². The van der Waals surface area contributed by atoms with E-state index in [1.807, 2.05) is 0 Å². The van der Waals surface area contributed by atoms with Crippen molar-refractivity contribution in [3.05, 3.63) is 0 Å². The quantitative estimate of drug-likeness (QED) is 0.365. The first-order chi connectivity index (χ1) is 5.91. The molecule has 0 aliphatic rings. The first-order valence-electron chi connectivity index (χ1n) is 4.05. The van der Waals surface area contributed by atoms with Gasteiger partial charge in [0.2, 0.25) is 0 Å². The second-order valence-electron chi connectivity index (χ2n) is 2.25. The lowest BCUT2D eigenvalue weighted by atomic mass is 10.3. The molecule has 70 valence electrons. The van der Waals surface area contributed by atoms with Crippen LogP contribution in [0.5, 0.6) is 0 Å². The van der Waals surface area contributed by atoms with Crippen molar-refractivity contribution in [3.63, 3.8) is 0 Å². The third-order valence-corrected chi connectivity index (χ3v) is 1.16. The van der Waals surface area contributed by atoms with Crippen LogP contribution in [0, 0.1) is 11.8 Å². The van der Waals surface area contributed by atoms with Gasteiger partial charge in [0.05, 0.1) is 6.61 Å². The minimum Gasteiger partial charge on any atom is -0.396 e. The van der Waals surface area contributed by atoms with Gasteiger partial charge in [-0.3, -0.25) is 0 Å². The van der Waals surface area contributed by atoms with E-state index >= 15 is 0 Å². The van der Waals surface area contributed by atoms with Gasteiger partial charge >= 0.3 is 0 Å². The average molecular weight is 172 g/mol. The van der Waals surface area contributed by atoms with Gasteiger partial charge in [-0.1, -0.05) is 0 Å². The van der Waals surface area contributed by atoms with E-state index in [9.17, 15) is 0 Å². The van der Waals surface area contributed by atoms with E-state index in [0.717, 1.165) is 19.3 Å². The van der Waals surface area contributed by atoms with Crippen LogP contribution in [0.25, 0.3) is 0 Å². The van der Waals surface area contributed by atoms with Crippen molar-refractivity contribution >= 4 is 0 Å². The Morgan fingerprint density at radius 2 is 2.00 bits per heavy atom. The smallest absolute Gasteiger partial charge is 0.146 e. The second-order valence-corrected chi connectivity index (χ2v) is 2.25. The van der Waals surface area contributed by atoms with Crippen molar-refractivity contribution < 1.29 is 14.6 Å². The van der Waals surface area contributed by atoms with Gasteiger partial charge < -0.3 is 14.6 Å². The van der Waals surface area contributed by atoms with E-state index in [2.05, 4.69) is 16.6 Å². The summed E-state index contributed by atoms with van der Waals surface area (Å²) in [6.45, 7) is 1.16. The summed E-state index contributed by atoms with van der Waals surface area (Å²) in [7, 11) is 1.59. The van der Waals surface area contributed by atoms with Crippen molar-refractivity contribution in [2.24, 2.45) is 0 Å². The molecule has 0 radical (unpaired) electrons. The van der Waals surface area contributed by atoms with Crippen molar-refractivity contribution in [2.45, 2.75) is 19.3 Å². The molecule has 0 fully saturated rings. The van der Waals surface area contributed by atoms with Crippen LogP contribution in [0.15, 0.2) is 0 Å². The number of rotatable bonds is 6. The Bertz CT molecular complexity index is 134. The molecule has 0 saturated heterocycles. The highest BCUT2D eigenvalue weighted by molar-refractivity contribution is 4.98. The molecule has 0 heterocycles. The van der Waals surface area contributed by atoms with Crippen molar-refractivity contribution in [3.8, 4) is 11.8 Å². The van der Waals surface area contributed by atoms with Crippen LogP contribution >= 0.6 is 0 Å². The normalized spacial score (nSPS) is 9.17. The molecule has 0 saturated carbocycles. The number of hydrogen-bond donors (Lipinski definition) is 1. The zero-order valence-electron chi connectivity index (χ0n) is 7.51. The van der Waals surface area contributed by atoms with E-state index in [0.29, 0.717) is 13.4 Å². The van der Waals surface area contributed by atoms with Crippen LogP contribution in [-0.4, -0.2) is 32.2 Å². The first-order valence-corrected chi connectivity index (χ1v) is 4.05. The highest BCUT2D eigenvalue weighted by Gasteiger charge is 1.82. The van der Waals surface area contributed by atoms with Gasteiger partial charge in [0.15, 0.2) is 0 Å². The molecule has 1 N–H and O–H groups in total.